The van der Waals surface area contributed by atoms with E-state index in [4.69, 9.17) is 21.1 Å². The largest absolute Gasteiger partial charge is 0.468 e. The van der Waals surface area contributed by atoms with E-state index in [2.05, 4.69) is 15.4 Å². The Morgan fingerprint density at radius 1 is 1.27 bits per heavy atom. The van der Waals surface area contributed by atoms with Gasteiger partial charge >= 0.3 is 12.3 Å². The fourth-order valence-electron chi connectivity index (χ4n) is 2.54. The number of aryl methyl sites for hydroxylation is 2. The lowest BCUT2D eigenvalue weighted by molar-refractivity contribution is -0.154. The van der Waals surface area contributed by atoms with Crippen molar-refractivity contribution in [3.05, 3.63) is 53.4 Å². The first-order valence-corrected chi connectivity index (χ1v) is 8.93. The molecule has 0 aliphatic rings. The summed E-state index contributed by atoms with van der Waals surface area (Å²) < 4.78 is 49.2. The van der Waals surface area contributed by atoms with Gasteiger partial charge in [-0.3, -0.25) is 10.00 Å². The molecule has 3 rings (SSSR count). The van der Waals surface area contributed by atoms with Gasteiger partial charge in [-0.25, -0.2) is 9.78 Å². The van der Waals surface area contributed by atoms with Crippen molar-refractivity contribution in [2.24, 2.45) is 7.05 Å². The quantitative estimate of drug-likeness (QED) is 0.604. The van der Waals surface area contributed by atoms with Gasteiger partial charge in [0.1, 0.15) is 5.69 Å². The molecule has 1 amide bonds. The maximum Gasteiger partial charge on any atom is 0.422 e. The standard InChI is InChI=1S/C19H16ClF3N4O3/c1-11-16(9-27(2)26-11)30-18(28)25-14-7-15(12-3-5-13(20)6-4-12)17(24-8-14)29-10-19(21,22)23/h3-9H,10H2,1-2H3,(H,25,28). The molecule has 11 heteroatoms. The number of pyridine rings is 1. The molecule has 0 spiro atoms. The highest BCUT2D eigenvalue weighted by Crippen LogP contribution is 2.32. The summed E-state index contributed by atoms with van der Waals surface area (Å²) in [5.41, 5.74) is 1.46. The van der Waals surface area contributed by atoms with Gasteiger partial charge in [-0.2, -0.15) is 18.3 Å². The predicted molar refractivity (Wildman–Crippen MR) is 104 cm³/mol. The highest BCUT2D eigenvalue weighted by Gasteiger charge is 2.29. The molecule has 0 atom stereocenters. The Kier molecular flexibility index (Phi) is 6.16. The van der Waals surface area contributed by atoms with Crippen molar-refractivity contribution in [2.75, 3.05) is 11.9 Å². The monoisotopic (exact) mass is 440 g/mol. The highest BCUT2D eigenvalue weighted by atomic mass is 35.5. The molecule has 0 saturated carbocycles. The smallest absolute Gasteiger partial charge is 0.422 e. The van der Waals surface area contributed by atoms with E-state index >= 15 is 0 Å². The van der Waals surface area contributed by atoms with E-state index in [9.17, 15) is 18.0 Å². The van der Waals surface area contributed by atoms with Crippen LogP contribution in [0.1, 0.15) is 5.69 Å². The number of aromatic nitrogens is 3. The summed E-state index contributed by atoms with van der Waals surface area (Å²) in [4.78, 5) is 16.1. The van der Waals surface area contributed by atoms with Crippen LogP contribution in [-0.2, 0) is 7.05 Å². The normalized spacial score (nSPS) is 11.3. The van der Waals surface area contributed by atoms with Crippen molar-refractivity contribution in [3.63, 3.8) is 0 Å². The second-order valence-corrected chi connectivity index (χ2v) is 6.69. The van der Waals surface area contributed by atoms with Gasteiger partial charge in [0.15, 0.2) is 12.4 Å². The Morgan fingerprint density at radius 3 is 2.57 bits per heavy atom. The third kappa shape index (κ3) is 5.63. The number of anilines is 1. The van der Waals surface area contributed by atoms with Gasteiger partial charge in [0.2, 0.25) is 5.88 Å². The number of nitrogens with zero attached hydrogens (tertiary/aromatic N) is 3. The molecule has 0 unspecified atom stereocenters. The number of halogens is 4. The van der Waals surface area contributed by atoms with Crippen molar-refractivity contribution in [1.29, 1.82) is 0 Å². The number of rotatable bonds is 5. The third-order valence-electron chi connectivity index (χ3n) is 3.80. The maximum absolute atomic E-state index is 12.6. The van der Waals surface area contributed by atoms with Gasteiger partial charge in [-0.15, -0.1) is 0 Å². The van der Waals surface area contributed by atoms with Gasteiger partial charge in [-0.1, -0.05) is 23.7 Å². The first-order valence-electron chi connectivity index (χ1n) is 8.55. The summed E-state index contributed by atoms with van der Waals surface area (Å²) in [6, 6.07) is 7.77. The molecule has 0 aliphatic heterocycles. The number of carbonyl (C=O) groups excluding carboxylic acids is 1. The third-order valence-corrected chi connectivity index (χ3v) is 4.05. The summed E-state index contributed by atoms with van der Waals surface area (Å²) in [6.45, 7) is 0.172. The van der Waals surface area contributed by atoms with Gasteiger partial charge < -0.3 is 9.47 Å². The molecule has 7 nitrogen and oxygen atoms in total. The molecule has 0 aliphatic carbocycles. The Bertz CT molecular complexity index is 1050. The minimum Gasteiger partial charge on any atom is -0.468 e. The molecule has 3 aromatic rings. The second kappa shape index (κ2) is 8.62. The van der Waals surface area contributed by atoms with Crippen molar-refractivity contribution >= 4 is 23.4 Å². The van der Waals surface area contributed by atoms with Gasteiger partial charge in [-0.05, 0) is 30.7 Å². The molecule has 0 bridgehead atoms. The summed E-state index contributed by atoms with van der Waals surface area (Å²) in [7, 11) is 1.68. The molecule has 0 saturated heterocycles. The van der Waals surface area contributed by atoms with E-state index in [1.165, 1.54) is 23.1 Å². The summed E-state index contributed by atoms with van der Waals surface area (Å²) in [6.07, 6.45) is -2.64. The summed E-state index contributed by atoms with van der Waals surface area (Å²) in [5, 5.41) is 7.00. The Labute approximate surface area is 174 Å². The van der Waals surface area contributed by atoms with E-state index in [1.54, 1.807) is 38.2 Å². The summed E-state index contributed by atoms with van der Waals surface area (Å²) >= 11 is 5.88. The number of amides is 1. The van der Waals surface area contributed by atoms with Crippen molar-refractivity contribution < 1.29 is 27.4 Å². The van der Waals surface area contributed by atoms with Crippen molar-refractivity contribution in [3.8, 4) is 22.8 Å². The fraction of sp³-hybridized carbons (Fsp3) is 0.211. The lowest BCUT2D eigenvalue weighted by Gasteiger charge is -2.14. The molecule has 0 radical (unpaired) electrons. The first kappa shape index (κ1) is 21.4. The SMILES string of the molecule is Cc1nn(C)cc1OC(=O)Nc1cnc(OCC(F)(F)F)c(-c2ccc(Cl)cc2)c1. The van der Waals surface area contributed by atoms with Crippen LogP contribution in [0.15, 0.2) is 42.7 Å². The van der Waals surface area contributed by atoms with Gasteiger partial charge in [0.25, 0.3) is 0 Å². The Hall–Kier alpha value is -3.27. The molecule has 2 aromatic heterocycles. The average Bonchev–Trinajstić information content (AvgIpc) is 2.97. The Balaban J connectivity index is 1.84. The molecule has 2 heterocycles. The van der Waals surface area contributed by atoms with Crippen LogP contribution in [0.3, 0.4) is 0 Å². The van der Waals surface area contributed by atoms with E-state index in [1.807, 2.05) is 0 Å². The van der Waals surface area contributed by atoms with Crippen LogP contribution in [0.5, 0.6) is 11.6 Å². The van der Waals surface area contributed by atoms with Crippen LogP contribution in [0.2, 0.25) is 5.02 Å². The zero-order valence-corrected chi connectivity index (χ0v) is 16.6. The van der Waals surface area contributed by atoms with Crippen LogP contribution in [0.25, 0.3) is 11.1 Å². The number of carbonyl (C=O) groups is 1. The van der Waals surface area contributed by atoms with Gasteiger partial charge in [0.05, 0.1) is 18.1 Å². The second-order valence-electron chi connectivity index (χ2n) is 6.25. The van der Waals surface area contributed by atoms with Gasteiger partial charge in [0, 0.05) is 17.6 Å². The first-order chi connectivity index (χ1) is 14.1. The molecule has 158 valence electrons. The zero-order valence-electron chi connectivity index (χ0n) is 15.8. The van der Waals surface area contributed by atoms with Crippen LogP contribution >= 0.6 is 11.6 Å². The lowest BCUT2D eigenvalue weighted by atomic mass is 10.1. The van der Waals surface area contributed by atoms with E-state index < -0.39 is 18.9 Å². The number of nitrogens with one attached hydrogen (secondary N) is 1. The van der Waals surface area contributed by atoms with E-state index in [0.717, 1.165) is 0 Å². The number of alkyl halides is 3. The van der Waals surface area contributed by atoms with Crippen molar-refractivity contribution in [2.45, 2.75) is 13.1 Å². The fourth-order valence-corrected chi connectivity index (χ4v) is 2.67. The predicted octanol–water partition coefficient (Wildman–Crippen LogP) is 5.00. The molecule has 1 N–H and O–H groups in total. The highest BCUT2D eigenvalue weighted by molar-refractivity contribution is 6.30. The average molecular weight is 441 g/mol. The number of ether oxygens (including phenoxy) is 2. The molecular weight excluding hydrogens is 425 g/mol. The number of hydrogen-bond donors (Lipinski definition) is 1. The minimum absolute atomic E-state index is 0.200. The molecule has 1 aromatic carbocycles. The number of benzene rings is 1. The molecular formula is C19H16ClF3N4O3. The van der Waals surface area contributed by atoms with Crippen molar-refractivity contribution in [1.82, 2.24) is 14.8 Å². The molecule has 30 heavy (non-hydrogen) atoms. The van der Waals surface area contributed by atoms with E-state index in [-0.39, 0.29) is 22.9 Å². The lowest BCUT2D eigenvalue weighted by Crippen LogP contribution is -2.20. The zero-order chi connectivity index (χ0) is 21.9. The number of hydrogen-bond acceptors (Lipinski definition) is 5. The minimum atomic E-state index is -4.53. The maximum atomic E-state index is 12.6. The Morgan fingerprint density at radius 2 is 1.97 bits per heavy atom. The van der Waals surface area contributed by atoms with Crippen LogP contribution in [0.4, 0.5) is 23.7 Å². The summed E-state index contributed by atoms with van der Waals surface area (Å²) in [5.74, 6) is 0.0303. The van der Waals surface area contributed by atoms with Crippen LogP contribution < -0.4 is 14.8 Å². The van der Waals surface area contributed by atoms with Crippen LogP contribution in [0, 0.1) is 6.92 Å². The topological polar surface area (TPSA) is 78.3 Å². The van der Waals surface area contributed by atoms with E-state index in [0.29, 0.717) is 16.3 Å². The van der Waals surface area contributed by atoms with Crippen LogP contribution in [-0.4, -0.2) is 33.6 Å². The molecule has 0 fully saturated rings.